The highest BCUT2D eigenvalue weighted by molar-refractivity contribution is 5.44. The molecule has 0 heterocycles. The fraction of sp³-hybridized carbons (Fsp3) is 0.429. The molecular weight excluding hydrogens is 282 g/mol. The van der Waals surface area contributed by atoms with Gasteiger partial charge in [-0.25, -0.2) is 0 Å². The molecule has 2 heteroatoms. The van der Waals surface area contributed by atoms with Crippen molar-refractivity contribution >= 4 is 5.69 Å². The predicted octanol–water partition coefficient (Wildman–Crippen LogP) is 5.78. The molecule has 1 N–H and O–H groups in total. The van der Waals surface area contributed by atoms with E-state index in [1.807, 2.05) is 0 Å². The maximum Gasteiger partial charge on any atom is 0.123 e. The standard InChI is InChI=1S/C21H29NO/c1-5-17(4)20-9-7-8-10-21(20)23-19(6-2)15-22-18-13-11-16(3)12-14-18/h7-14,17,19,22H,5-6,15H2,1-4H3. The average molecular weight is 311 g/mol. The van der Waals surface area contributed by atoms with Gasteiger partial charge < -0.3 is 10.1 Å². The van der Waals surface area contributed by atoms with Gasteiger partial charge in [0.05, 0.1) is 6.54 Å². The first-order valence-electron chi connectivity index (χ1n) is 8.70. The van der Waals surface area contributed by atoms with Crippen molar-refractivity contribution in [1.82, 2.24) is 0 Å². The molecule has 0 aliphatic heterocycles. The Morgan fingerprint density at radius 1 is 0.957 bits per heavy atom. The van der Waals surface area contributed by atoms with E-state index in [4.69, 9.17) is 4.74 Å². The molecule has 0 bridgehead atoms. The molecule has 2 nitrogen and oxygen atoms in total. The SMILES string of the molecule is CCC(CNc1ccc(C)cc1)Oc1ccccc1C(C)CC. The van der Waals surface area contributed by atoms with Crippen molar-refractivity contribution in [3.05, 3.63) is 59.7 Å². The number of aryl methyl sites for hydroxylation is 1. The highest BCUT2D eigenvalue weighted by atomic mass is 16.5. The molecule has 0 aliphatic carbocycles. The summed E-state index contributed by atoms with van der Waals surface area (Å²) in [6.45, 7) is 9.57. The van der Waals surface area contributed by atoms with Gasteiger partial charge in [-0.2, -0.15) is 0 Å². The second kappa shape index (κ2) is 8.61. The van der Waals surface area contributed by atoms with E-state index < -0.39 is 0 Å². The van der Waals surface area contributed by atoms with E-state index >= 15 is 0 Å². The first-order chi connectivity index (χ1) is 11.1. The third kappa shape index (κ3) is 5.02. The summed E-state index contributed by atoms with van der Waals surface area (Å²) in [5.74, 6) is 1.55. The Morgan fingerprint density at radius 3 is 2.30 bits per heavy atom. The predicted molar refractivity (Wildman–Crippen MR) is 99.5 cm³/mol. The molecule has 0 radical (unpaired) electrons. The summed E-state index contributed by atoms with van der Waals surface area (Å²) in [5.41, 5.74) is 3.73. The van der Waals surface area contributed by atoms with Crippen LogP contribution in [0.3, 0.4) is 0 Å². The maximum atomic E-state index is 6.30. The van der Waals surface area contributed by atoms with Gasteiger partial charge in [0.1, 0.15) is 11.9 Å². The molecule has 0 fully saturated rings. The third-order valence-corrected chi connectivity index (χ3v) is 4.40. The molecule has 124 valence electrons. The molecule has 0 aromatic heterocycles. The van der Waals surface area contributed by atoms with E-state index in [1.54, 1.807) is 0 Å². The Bertz CT molecular complexity index is 591. The normalized spacial score (nSPS) is 13.4. The van der Waals surface area contributed by atoms with Crippen LogP contribution in [0.1, 0.15) is 50.7 Å². The van der Waals surface area contributed by atoms with Crippen LogP contribution in [-0.4, -0.2) is 12.6 Å². The summed E-state index contributed by atoms with van der Waals surface area (Å²) in [7, 11) is 0. The van der Waals surface area contributed by atoms with Crippen molar-refractivity contribution in [2.75, 3.05) is 11.9 Å². The average Bonchev–Trinajstić information content (AvgIpc) is 2.59. The largest absolute Gasteiger partial charge is 0.488 e. The summed E-state index contributed by atoms with van der Waals surface area (Å²) in [5, 5.41) is 3.48. The van der Waals surface area contributed by atoms with Crippen LogP contribution < -0.4 is 10.1 Å². The van der Waals surface area contributed by atoms with Crippen LogP contribution in [-0.2, 0) is 0 Å². The maximum absolute atomic E-state index is 6.30. The molecule has 0 aliphatic rings. The second-order valence-corrected chi connectivity index (χ2v) is 6.24. The molecular formula is C21H29NO. The van der Waals surface area contributed by atoms with E-state index in [2.05, 4.69) is 81.5 Å². The Balaban J connectivity index is 2.00. The minimum Gasteiger partial charge on any atom is -0.488 e. The van der Waals surface area contributed by atoms with Gasteiger partial charge in [-0.1, -0.05) is 56.7 Å². The number of hydrogen-bond acceptors (Lipinski definition) is 2. The summed E-state index contributed by atoms with van der Waals surface area (Å²) in [4.78, 5) is 0. The topological polar surface area (TPSA) is 21.3 Å². The lowest BCUT2D eigenvalue weighted by atomic mass is 9.98. The van der Waals surface area contributed by atoms with Crippen LogP contribution in [0.25, 0.3) is 0 Å². The van der Waals surface area contributed by atoms with Crippen LogP contribution in [0.4, 0.5) is 5.69 Å². The van der Waals surface area contributed by atoms with E-state index in [-0.39, 0.29) is 6.10 Å². The zero-order valence-electron chi connectivity index (χ0n) is 14.8. The monoisotopic (exact) mass is 311 g/mol. The summed E-state index contributed by atoms with van der Waals surface area (Å²) in [6.07, 6.45) is 2.27. The summed E-state index contributed by atoms with van der Waals surface area (Å²) in [6, 6.07) is 16.9. The van der Waals surface area contributed by atoms with E-state index in [0.717, 1.165) is 30.8 Å². The minimum atomic E-state index is 0.168. The van der Waals surface area contributed by atoms with Crippen LogP contribution >= 0.6 is 0 Å². The highest BCUT2D eigenvalue weighted by Crippen LogP contribution is 2.29. The number of ether oxygens (including phenoxy) is 1. The fourth-order valence-corrected chi connectivity index (χ4v) is 2.57. The van der Waals surface area contributed by atoms with E-state index in [0.29, 0.717) is 5.92 Å². The van der Waals surface area contributed by atoms with Crippen LogP contribution in [0.5, 0.6) is 5.75 Å². The number of para-hydroxylation sites is 1. The van der Waals surface area contributed by atoms with E-state index in [9.17, 15) is 0 Å². The zero-order chi connectivity index (χ0) is 16.7. The van der Waals surface area contributed by atoms with Gasteiger partial charge in [-0.15, -0.1) is 0 Å². The van der Waals surface area contributed by atoms with Crippen molar-refractivity contribution in [2.45, 2.75) is 52.6 Å². The smallest absolute Gasteiger partial charge is 0.123 e. The van der Waals surface area contributed by atoms with Crippen molar-refractivity contribution in [3.63, 3.8) is 0 Å². The van der Waals surface area contributed by atoms with Gasteiger partial charge in [0, 0.05) is 5.69 Å². The minimum absolute atomic E-state index is 0.168. The van der Waals surface area contributed by atoms with Crippen LogP contribution in [0, 0.1) is 6.92 Å². The van der Waals surface area contributed by atoms with Crippen molar-refractivity contribution in [2.24, 2.45) is 0 Å². The number of rotatable bonds is 8. The third-order valence-electron chi connectivity index (χ3n) is 4.40. The lowest BCUT2D eigenvalue weighted by molar-refractivity contribution is 0.207. The lowest BCUT2D eigenvalue weighted by Gasteiger charge is -2.22. The quantitative estimate of drug-likeness (QED) is 0.667. The second-order valence-electron chi connectivity index (χ2n) is 6.24. The first kappa shape index (κ1) is 17.4. The Morgan fingerprint density at radius 2 is 1.65 bits per heavy atom. The Kier molecular flexibility index (Phi) is 6.52. The van der Waals surface area contributed by atoms with Gasteiger partial charge in [0.15, 0.2) is 0 Å². The number of anilines is 1. The van der Waals surface area contributed by atoms with Gasteiger partial charge >= 0.3 is 0 Å². The molecule has 2 aromatic rings. The summed E-state index contributed by atoms with van der Waals surface area (Å²) < 4.78 is 6.30. The Labute approximate surface area is 140 Å². The number of benzene rings is 2. The first-order valence-corrected chi connectivity index (χ1v) is 8.70. The van der Waals surface area contributed by atoms with Gasteiger partial charge in [-0.05, 0) is 49.4 Å². The van der Waals surface area contributed by atoms with Crippen LogP contribution in [0.15, 0.2) is 48.5 Å². The molecule has 23 heavy (non-hydrogen) atoms. The van der Waals surface area contributed by atoms with Crippen molar-refractivity contribution in [1.29, 1.82) is 0 Å². The molecule has 0 saturated heterocycles. The van der Waals surface area contributed by atoms with Crippen molar-refractivity contribution in [3.8, 4) is 5.75 Å². The van der Waals surface area contributed by atoms with Crippen LogP contribution in [0.2, 0.25) is 0 Å². The number of hydrogen-bond donors (Lipinski definition) is 1. The molecule has 2 aromatic carbocycles. The molecule has 2 rings (SSSR count). The van der Waals surface area contributed by atoms with Crippen molar-refractivity contribution < 1.29 is 4.74 Å². The molecule has 2 unspecified atom stereocenters. The number of nitrogens with one attached hydrogen (secondary N) is 1. The fourth-order valence-electron chi connectivity index (χ4n) is 2.57. The Hall–Kier alpha value is -1.96. The molecule has 0 amide bonds. The van der Waals surface area contributed by atoms with Gasteiger partial charge in [0.25, 0.3) is 0 Å². The molecule has 0 spiro atoms. The summed E-state index contributed by atoms with van der Waals surface area (Å²) >= 11 is 0. The van der Waals surface area contributed by atoms with Gasteiger partial charge in [-0.3, -0.25) is 0 Å². The molecule has 2 atom stereocenters. The molecule has 0 saturated carbocycles. The lowest BCUT2D eigenvalue weighted by Crippen LogP contribution is -2.26. The highest BCUT2D eigenvalue weighted by Gasteiger charge is 2.14. The van der Waals surface area contributed by atoms with Gasteiger partial charge in [0.2, 0.25) is 0 Å². The zero-order valence-corrected chi connectivity index (χ0v) is 14.8. The van der Waals surface area contributed by atoms with E-state index in [1.165, 1.54) is 11.1 Å².